The molecule has 0 aliphatic heterocycles. The molecule has 0 radical (unpaired) electrons. The van der Waals surface area contributed by atoms with Crippen LogP contribution in [0.4, 0.5) is 0 Å². The fourth-order valence-corrected chi connectivity index (χ4v) is 3.82. The van der Waals surface area contributed by atoms with Crippen LogP contribution in [0.1, 0.15) is 12.3 Å². The summed E-state index contributed by atoms with van der Waals surface area (Å²) < 4.78 is 7.31. The number of fused-ring (bicyclic) bond motifs is 1. The molecule has 0 bridgehead atoms. The van der Waals surface area contributed by atoms with Crippen LogP contribution in [0.25, 0.3) is 22.4 Å². The van der Waals surface area contributed by atoms with E-state index in [1.54, 1.807) is 22.8 Å². The van der Waals surface area contributed by atoms with E-state index in [-0.39, 0.29) is 12.2 Å². The summed E-state index contributed by atoms with van der Waals surface area (Å²) in [5.41, 5.74) is 1.29. The van der Waals surface area contributed by atoms with Crippen LogP contribution in [0.15, 0.2) is 62.9 Å². The lowest BCUT2D eigenvalue weighted by Gasteiger charge is -2.11. The Kier molecular flexibility index (Phi) is 5.94. The van der Waals surface area contributed by atoms with E-state index >= 15 is 0 Å². The molecule has 0 aliphatic rings. The first-order chi connectivity index (χ1) is 14.2. The zero-order chi connectivity index (χ0) is 20.2. The van der Waals surface area contributed by atoms with Crippen LogP contribution in [-0.4, -0.2) is 31.5 Å². The van der Waals surface area contributed by atoms with Crippen molar-refractivity contribution in [1.82, 2.24) is 19.7 Å². The molecule has 0 amide bonds. The number of rotatable bonds is 7. The molecule has 29 heavy (non-hydrogen) atoms. The number of aromatic nitrogens is 4. The largest absolute Gasteiger partial charge is 0.420 e. The molecule has 2 aromatic carbocycles. The Balaban J connectivity index is 1.59. The Morgan fingerprint density at radius 3 is 2.69 bits per heavy atom. The number of para-hydroxylation sites is 1. The zero-order valence-corrected chi connectivity index (χ0v) is 16.9. The lowest BCUT2D eigenvalue weighted by Crippen LogP contribution is -2.24. The molecule has 2 heterocycles. The van der Waals surface area contributed by atoms with E-state index in [1.807, 2.05) is 30.3 Å². The average molecular weight is 429 g/mol. The van der Waals surface area contributed by atoms with Crippen LogP contribution < -0.4 is 5.56 Å². The van der Waals surface area contributed by atoms with E-state index in [0.29, 0.717) is 51.6 Å². The van der Waals surface area contributed by atoms with Crippen LogP contribution >= 0.6 is 23.4 Å². The molecule has 0 aliphatic carbocycles. The van der Waals surface area contributed by atoms with Gasteiger partial charge in [-0.3, -0.25) is 9.36 Å². The maximum Gasteiger partial charge on any atom is 0.262 e. The number of aliphatic hydroxyl groups is 1. The van der Waals surface area contributed by atoms with Crippen molar-refractivity contribution in [3.63, 3.8) is 0 Å². The van der Waals surface area contributed by atoms with E-state index in [0.717, 1.165) is 5.56 Å². The van der Waals surface area contributed by atoms with E-state index in [9.17, 15) is 9.90 Å². The number of halogens is 1. The molecule has 148 valence electrons. The number of nitrogens with zero attached hydrogens (tertiary/aromatic N) is 4. The van der Waals surface area contributed by atoms with E-state index in [2.05, 4.69) is 15.2 Å². The zero-order valence-electron chi connectivity index (χ0n) is 15.3. The number of hydrogen-bond donors (Lipinski definition) is 1. The minimum absolute atomic E-state index is 0.00249. The second-order valence-corrected chi connectivity index (χ2v) is 7.62. The molecule has 4 aromatic rings. The Morgan fingerprint density at radius 2 is 1.90 bits per heavy atom. The quantitative estimate of drug-likeness (QED) is 0.353. The van der Waals surface area contributed by atoms with Gasteiger partial charge in [0.25, 0.3) is 5.56 Å². The summed E-state index contributed by atoms with van der Waals surface area (Å²) >= 11 is 7.25. The Hall–Kier alpha value is -2.68. The highest BCUT2D eigenvalue weighted by molar-refractivity contribution is 7.98. The summed E-state index contributed by atoms with van der Waals surface area (Å²) in [6, 6.07) is 14.4. The minimum Gasteiger partial charge on any atom is -0.420 e. The molecule has 0 unspecified atom stereocenters. The van der Waals surface area contributed by atoms with Crippen molar-refractivity contribution in [3.05, 3.63) is 69.8 Å². The van der Waals surface area contributed by atoms with E-state index < -0.39 is 0 Å². The predicted octanol–water partition coefficient (Wildman–Crippen LogP) is 3.77. The van der Waals surface area contributed by atoms with Gasteiger partial charge < -0.3 is 9.52 Å². The summed E-state index contributed by atoms with van der Waals surface area (Å²) in [6.45, 7) is 0.382. The van der Waals surface area contributed by atoms with Crippen molar-refractivity contribution in [2.45, 2.75) is 23.9 Å². The summed E-state index contributed by atoms with van der Waals surface area (Å²) in [7, 11) is 0. The Labute approximate surface area is 175 Å². The first-order valence-corrected chi connectivity index (χ1v) is 10.3. The van der Waals surface area contributed by atoms with Gasteiger partial charge in [0, 0.05) is 23.7 Å². The maximum absolute atomic E-state index is 12.8. The summed E-state index contributed by atoms with van der Waals surface area (Å²) in [5.74, 6) is 1.20. The predicted molar refractivity (Wildman–Crippen MR) is 112 cm³/mol. The van der Waals surface area contributed by atoms with Crippen molar-refractivity contribution in [3.8, 4) is 11.5 Å². The van der Waals surface area contributed by atoms with Gasteiger partial charge in [0.05, 0.1) is 16.7 Å². The lowest BCUT2D eigenvalue weighted by atomic mass is 10.2. The lowest BCUT2D eigenvalue weighted by molar-refractivity contribution is 0.276. The van der Waals surface area contributed by atoms with Crippen molar-refractivity contribution in [2.75, 3.05) is 6.61 Å². The summed E-state index contributed by atoms with van der Waals surface area (Å²) in [5, 5.41) is 19.1. The van der Waals surface area contributed by atoms with E-state index in [1.165, 1.54) is 11.8 Å². The number of thioether (sulfide) groups is 1. The van der Waals surface area contributed by atoms with Crippen molar-refractivity contribution in [2.24, 2.45) is 0 Å². The first kappa shape index (κ1) is 19.6. The fraction of sp³-hybridized carbons (Fsp3) is 0.200. The molecular formula is C20H17ClN4O3S. The molecule has 2 aromatic heterocycles. The van der Waals surface area contributed by atoms with Gasteiger partial charge in [-0.15, -0.1) is 10.2 Å². The summed E-state index contributed by atoms with van der Waals surface area (Å²) in [6.07, 6.45) is 0.467. The van der Waals surface area contributed by atoms with Crippen LogP contribution in [0.5, 0.6) is 0 Å². The minimum atomic E-state index is -0.126. The molecule has 0 saturated carbocycles. The average Bonchev–Trinajstić information content (AvgIpc) is 3.21. The third-order valence-corrected chi connectivity index (χ3v) is 5.46. The van der Waals surface area contributed by atoms with Gasteiger partial charge in [-0.1, -0.05) is 35.5 Å². The second kappa shape index (κ2) is 8.77. The molecule has 1 N–H and O–H groups in total. The topological polar surface area (TPSA) is 94.0 Å². The third kappa shape index (κ3) is 4.34. The molecule has 0 fully saturated rings. The highest BCUT2D eigenvalue weighted by Crippen LogP contribution is 2.25. The van der Waals surface area contributed by atoms with Crippen molar-refractivity contribution in [1.29, 1.82) is 0 Å². The van der Waals surface area contributed by atoms with Crippen LogP contribution in [-0.2, 0) is 12.3 Å². The number of hydrogen-bond acceptors (Lipinski definition) is 7. The van der Waals surface area contributed by atoms with Crippen molar-refractivity contribution >= 4 is 34.3 Å². The van der Waals surface area contributed by atoms with Gasteiger partial charge in [-0.2, -0.15) is 0 Å². The monoisotopic (exact) mass is 428 g/mol. The normalized spacial score (nSPS) is 11.2. The Morgan fingerprint density at radius 1 is 1.10 bits per heavy atom. The van der Waals surface area contributed by atoms with Gasteiger partial charge in [0.15, 0.2) is 5.16 Å². The fourth-order valence-electron chi connectivity index (χ4n) is 2.83. The number of aliphatic hydroxyl groups excluding tert-OH is 1. The van der Waals surface area contributed by atoms with Gasteiger partial charge in [-0.25, -0.2) is 4.98 Å². The smallest absolute Gasteiger partial charge is 0.262 e. The third-order valence-electron chi connectivity index (χ3n) is 4.25. The van der Waals surface area contributed by atoms with Crippen LogP contribution in [0.3, 0.4) is 0 Å². The van der Waals surface area contributed by atoms with Gasteiger partial charge in [0.2, 0.25) is 11.8 Å². The van der Waals surface area contributed by atoms with Crippen LogP contribution in [0.2, 0.25) is 5.02 Å². The molecular weight excluding hydrogens is 412 g/mol. The highest BCUT2D eigenvalue weighted by Gasteiger charge is 2.14. The summed E-state index contributed by atoms with van der Waals surface area (Å²) in [4.78, 5) is 17.5. The van der Waals surface area contributed by atoms with E-state index in [4.69, 9.17) is 16.0 Å². The molecule has 7 nitrogen and oxygen atoms in total. The second-order valence-electron chi connectivity index (χ2n) is 6.24. The van der Waals surface area contributed by atoms with Gasteiger partial charge >= 0.3 is 0 Å². The number of benzene rings is 2. The van der Waals surface area contributed by atoms with Gasteiger partial charge in [0.1, 0.15) is 0 Å². The molecule has 4 rings (SSSR count). The standard InChI is InChI=1S/C20H17ClN4O3S/c21-14-8-6-13(7-9-14)18-24-23-17(28-18)12-29-20-22-16-5-2-1-4-15(16)19(27)25(20)10-3-11-26/h1-2,4-9,26H,3,10-12H2. The SMILES string of the molecule is O=c1c2ccccc2nc(SCc2nnc(-c3ccc(Cl)cc3)o2)n1CCCO. The highest BCUT2D eigenvalue weighted by atomic mass is 35.5. The van der Waals surface area contributed by atoms with Crippen molar-refractivity contribution < 1.29 is 9.52 Å². The van der Waals surface area contributed by atoms with Gasteiger partial charge in [-0.05, 0) is 42.8 Å². The molecule has 0 atom stereocenters. The first-order valence-electron chi connectivity index (χ1n) is 8.97. The Bertz CT molecular complexity index is 1190. The maximum atomic E-state index is 12.8. The molecule has 0 spiro atoms. The molecule has 0 saturated heterocycles. The van der Waals surface area contributed by atoms with Crippen LogP contribution in [0, 0.1) is 0 Å². The molecule has 9 heteroatoms.